The third-order valence-corrected chi connectivity index (χ3v) is 8.98. The van der Waals surface area contributed by atoms with Crippen LogP contribution in [0.25, 0.3) is 0 Å². The Kier molecular flexibility index (Phi) is 11.3. The summed E-state index contributed by atoms with van der Waals surface area (Å²) >= 11 is 15.8. The maximum atomic E-state index is 13.5. The number of halogens is 3. The van der Waals surface area contributed by atoms with Gasteiger partial charge in [-0.15, -0.1) is 0 Å². The standard InChI is InChI=1S/C27H34BrCl2N3O4S/c1-19(27(35)31-23-7-4-3-5-8-23)32(18-20-10-12-21(28)13-11-20)26(34)9-6-16-33(38(2,36)37)25-17-22(29)14-15-24(25)30/h10-15,17,19,23H,3-9,16,18H2,1-2H3,(H,31,35)/t19-/m0/s1. The zero-order valence-corrected chi connectivity index (χ0v) is 25.5. The van der Waals surface area contributed by atoms with Crippen LogP contribution < -0.4 is 9.62 Å². The first-order valence-electron chi connectivity index (χ1n) is 12.7. The van der Waals surface area contributed by atoms with E-state index in [1.54, 1.807) is 17.9 Å². The molecule has 0 aliphatic heterocycles. The van der Waals surface area contributed by atoms with Crippen molar-refractivity contribution in [3.05, 3.63) is 62.5 Å². The Bertz CT molecular complexity index is 1220. The Morgan fingerprint density at radius 3 is 2.37 bits per heavy atom. The van der Waals surface area contributed by atoms with Gasteiger partial charge in [0.2, 0.25) is 21.8 Å². The molecule has 0 spiro atoms. The molecule has 3 rings (SSSR count). The van der Waals surface area contributed by atoms with Gasteiger partial charge in [0.25, 0.3) is 0 Å². The second-order valence-corrected chi connectivity index (χ2v) is 13.4. The van der Waals surface area contributed by atoms with Crippen LogP contribution in [0.15, 0.2) is 46.9 Å². The Morgan fingerprint density at radius 2 is 1.74 bits per heavy atom. The molecule has 0 aromatic heterocycles. The van der Waals surface area contributed by atoms with Gasteiger partial charge in [0.05, 0.1) is 17.0 Å². The lowest BCUT2D eigenvalue weighted by molar-refractivity contribution is -0.141. The molecule has 1 fully saturated rings. The fraction of sp³-hybridized carbons (Fsp3) is 0.481. The van der Waals surface area contributed by atoms with Gasteiger partial charge in [-0.3, -0.25) is 13.9 Å². The molecular weight excluding hydrogens is 613 g/mol. The van der Waals surface area contributed by atoms with Crippen LogP contribution in [-0.2, 0) is 26.2 Å². The highest BCUT2D eigenvalue weighted by molar-refractivity contribution is 9.10. The average molecular weight is 647 g/mol. The molecule has 38 heavy (non-hydrogen) atoms. The summed E-state index contributed by atoms with van der Waals surface area (Å²) in [6.07, 6.45) is 6.65. The molecule has 11 heteroatoms. The minimum Gasteiger partial charge on any atom is -0.352 e. The van der Waals surface area contributed by atoms with E-state index in [2.05, 4.69) is 21.2 Å². The third-order valence-electron chi connectivity index (χ3n) is 6.71. The molecule has 2 aromatic rings. The molecule has 0 bridgehead atoms. The molecule has 1 aliphatic carbocycles. The molecule has 208 valence electrons. The number of rotatable bonds is 11. The normalized spacial score (nSPS) is 15.1. The van der Waals surface area contributed by atoms with Crippen LogP contribution >= 0.6 is 39.1 Å². The quantitative estimate of drug-likeness (QED) is 0.316. The molecular formula is C27H34BrCl2N3O4S. The summed E-state index contributed by atoms with van der Waals surface area (Å²) in [6.45, 7) is 2.05. The summed E-state index contributed by atoms with van der Waals surface area (Å²) < 4.78 is 27.1. The number of hydrogen-bond donors (Lipinski definition) is 1. The zero-order valence-electron chi connectivity index (χ0n) is 21.6. The maximum Gasteiger partial charge on any atom is 0.242 e. The minimum absolute atomic E-state index is 0.0411. The third kappa shape index (κ3) is 8.86. The summed E-state index contributed by atoms with van der Waals surface area (Å²) in [5.41, 5.74) is 1.16. The molecule has 0 heterocycles. The Labute approximate surface area is 244 Å². The smallest absolute Gasteiger partial charge is 0.242 e. The largest absolute Gasteiger partial charge is 0.352 e. The monoisotopic (exact) mass is 645 g/mol. The van der Waals surface area contributed by atoms with Crippen molar-refractivity contribution >= 4 is 66.7 Å². The van der Waals surface area contributed by atoms with Crippen molar-refractivity contribution in [1.82, 2.24) is 10.2 Å². The summed E-state index contributed by atoms with van der Waals surface area (Å²) in [6, 6.07) is 11.7. The van der Waals surface area contributed by atoms with Gasteiger partial charge in [0.15, 0.2) is 0 Å². The average Bonchev–Trinajstić information content (AvgIpc) is 2.87. The highest BCUT2D eigenvalue weighted by Crippen LogP contribution is 2.31. The van der Waals surface area contributed by atoms with E-state index in [-0.39, 0.29) is 54.5 Å². The van der Waals surface area contributed by atoms with E-state index in [0.717, 1.165) is 46.3 Å². The van der Waals surface area contributed by atoms with Crippen molar-refractivity contribution < 1.29 is 18.0 Å². The number of amides is 2. The summed E-state index contributed by atoms with van der Waals surface area (Å²) in [5.74, 6) is -0.407. The lowest BCUT2D eigenvalue weighted by Crippen LogP contribution is -2.50. The van der Waals surface area contributed by atoms with Crippen molar-refractivity contribution in [2.45, 2.75) is 70.5 Å². The number of sulfonamides is 1. The lowest BCUT2D eigenvalue weighted by Gasteiger charge is -2.31. The van der Waals surface area contributed by atoms with Crippen molar-refractivity contribution in [1.29, 1.82) is 0 Å². The number of nitrogens with zero attached hydrogens (tertiary/aromatic N) is 2. The predicted molar refractivity (Wildman–Crippen MR) is 157 cm³/mol. The molecule has 1 saturated carbocycles. The second-order valence-electron chi connectivity index (χ2n) is 9.70. The summed E-state index contributed by atoms with van der Waals surface area (Å²) in [7, 11) is -3.68. The van der Waals surface area contributed by atoms with E-state index in [1.807, 2.05) is 24.3 Å². The van der Waals surface area contributed by atoms with E-state index in [9.17, 15) is 18.0 Å². The van der Waals surface area contributed by atoms with Crippen molar-refractivity contribution in [2.75, 3.05) is 17.1 Å². The summed E-state index contributed by atoms with van der Waals surface area (Å²) in [5, 5.41) is 3.72. The van der Waals surface area contributed by atoms with Crippen LogP contribution in [0.2, 0.25) is 10.0 Å². The highest BCUT2D eigenvalue weighted by atomic mass is 79.9. The van der Waals surface area contributed by atoms with E-state index in [1.165, 1.54) is 18.6 Å². The highest BCUT2D eigenvalue weighted by Gasteiger charge is 2.28. The molecule has 7 nitrogen and oxygen atoms in total. The van der Waals surface area contributed by atoms with Crippen molar-refractivity contribution in [3.63, 3.8) is 0 Å². The fourth-order valence-electron chi connectivity index (χ4n) is 4.60. The maximum absolute atomic E-state index is 13.5. The van der Waals surface area contributed by atoms with Gasteiger partial charge in [0, 0.05) is 35.0 Å². The fourth-order valence-corrected chi connectivity index (χ4v) is 6.27. The molecule has 0 unspecified atom stereocenters. The van der Waals surface area contributed by atoms with E-state index in [0.29, 0.717) is 5.02 Å². The molecule has 1 aliphatic rings. The van der Waals surface area contributed by atoms with Crippen LogP contribution in [0.3, 0.4) is 0 Å². The second kappa shape index (κ2) is 14.0. The lowest BCUT2D eigenvalue weighted by atomic mass is 9.95. The van der Waals surface area contributed by atoms with Crippen molar-refractivity contribution in [3.8, 4) is 0 Å². The molecule has 1 N–H and O–H groups in total. The van der Waals surface area contributed by atoms with Crippen LogP contribution in [0.1, 0.15) is 57.4 Å². The first-order valence-corrected chi connectivity index (χ1v) is 16.1. The Hall–Kier alpha value is -1.81. The topological polar surface area (TPSA) is 86.8 Å². The van der Waals surface area contributed by atoms with Crippen LogP contribution in [-0.4, -0.2) is 50.0 Å². The van der Waals surface area contributed by atoms with Crippen LogP contribution in [0, 0.1) is 0 Å². The minimum atomic E-state index is -3.68. The Morgan fingerprint density at radius 1 is 1.08 bits per heavy atom. The molecule has 0 saturated heterocycles. The van der Waals surface area contributed by atoms with Gasteiger partial charge in [-0.1, -0.05) is 70.5 Å². The zero-order chi connectivity index (χ0) is 27.9. The molecule has 1 atom stereocenters. The Balaban J connectivity index is 1.73. The van der Waals surface area contributed by atoms with E-state index >= 15 is 0 Å². The van der Waals surface area contributed by atoms with Gasteiger partial charge in [-0.05, 0) is 62.1 Å². The number of carbonyl (C=O) groups is 2. The first-order chi connectivity index (χ1) is 18.0. The number of anilines is 1. The van der Waals surface area contributed by atoms with E-state index < -0.39 is 16.1 Å². The number of hydrogen-bond acceptors (Lipinski definition) is 4. The molecule has 2 amide bonds. The van der Waals surface area contributed by atoms with Gasteiger partial charge >= 0.3 is 0 Å². The van der Waals surface area contributed by atoms with Crippen molar-refractivity contribution in [2.24, 2.45) is 0 Å². The van der Waals surface area contributed by atoms with E-state index in [4.69, 9.17) is 23.2 Å². The van der Waals surface area contributed by atoms with Gasteiger partial charge in [-0.25, -0.2) is 8.42 Å². The number of nitrogens with one attached hydrogen (secondary N) is 1. The van der Waals surface area contributed by atoms with Crippen LogP contribution in [0.5, 0.6) is 0 Å². The number of benzene rings is 2. The van der Waals surface area contributed by atoms with Crippen LogP contribution in [0.4, 0.5) is 5.69 Å². The van der Waals surface area contributed by atoms with Gasteiger partial charge < -0.3 is 10.2 Å². The predicted octanol–water partition coefficient (Wildman–Crippen LogP) is 6.17. The SMILES string of the molecule is C[C@@H](C(=O)NC1CCCCC1)N(Cc1ccc(Br)cc1)C(=O)CCCN(c1cc(Cl)ccc1Cl)S(C)(=O)=O. The van der Waals surface area contributed by atoms with Gasteiger partial charge in [0.1, 0.15) is 6.04 Å². The molecule has 2 aromatic carbocycles. The summed E-state index contributed by atoms with van der Waals surface area (Å²) in [4.78, 5) is 28.2. The first kappa shape index (κ1) is 30.7. The number of carbonyl (C=O) groups excluding carboxylic acids is 2. The molecule has 0 radical (unpaired) electrons. The van der Waals surface area contributed by atoms with Gasteiger partial charge in [-0.2, -0.15) is 0 Å².